The summed E-state index contributed by atoms with van der Waals surface area (Å²) in [5.74, 6) is -0.225. The number of nitrogens with one attached hydrogen (secondary N) is 1. The molecule has 2 rings (SSSR count). The van der Waals surface area contributed by atoms with Gasteiger partial charge in [-0.3, -0.25) is 9.10 Å². The largest absolute Gasteiger partial charge is 0.346 e. The fraction of sp³-hybridized carbons (Fsp3) is 0.350. The van der Waals surface area contributed by atoms with Crippen LogP contribution in [0.25, 0.3) is 0 Å². The summed E-state index contributed by atoms with van der Waals surface area (Å²) in [6.45, 7) is 7.79. The fourth-order valence-electron chi connectivity index (χ4n) is 2.78. The smallest absolute Gasteiger partial charge is 0.252 e. The van der Waals surface area contributed by atoms with Crippen LogP contribution < -0.4 is 9.62 Å². The molecule has 0 saturated carbocycles. The van der Waals surface area contributed by atoms with Crippen molar-refractivity contribution in [3.8, 4) is 0 Å². The molecule has 0 heterocycles. The molecule has 1 unspecified atom stereocenters. The number of benzene rings is 2. The summed E-state index contributed by atoms with van der Waals surface area (Å²) in [5.41, 5.74) is 5.01. The normalized spacial score (nSPS) is 12.5. The third-order valence-corrected chi connectivity index (χ3v) is 5.96. The van der Waals surface area contributed by atoms with Gasteiger partial charge in [0.05, 0.1) is 18.0 Å². The van der Waals surface area contributed by atoms with E-state index < -0.39 is 10.0 Å². The summed E-state index contributed by atoms with van der Waals surface area (Å²) in [5, 5.41) is 3.00. The molecule has 0 fully saturated rings. The average molecular weight is 375 g/mol. The van der Waals surface area contributed by atoms with Crippen LogP contribution in [0.1, 0.15) is 45.6 Å². The van der Waals surface area contributed by atoms with Crippen molar-refractivity contribution in [3.63, 3.8) is 0 Å². The van der Waals surface area contributed by atoms with Gasteiger partial charge < -0.3 is 5.32 Å². The van der Waals surface area contributed by atoms with Crippen LogP contribution in [-0.4, -0.2) is 27.6 Å². The highest BCUT2D eigenvalue weighted by atomic mass is 32.2. The minimum Gasteiger partial charge on any atom is -0.346 e. The molecular formula is C20H26N2O3S. The van der Waals surface area contributed by atoms with Gasteiger partial charge in [-0.15, -0.1) is 0 Å². The number of carbonyl (C=O) groups excluding carboxylic acids is 1. The van der Waals surface area contributed by atoms with Crippen molar-refractivity contribution in [3.05, 3.63) is 64.2 Å². The molecule has 0 aromatic heterocycles. The number of rotatable bonds is 5. The van der Waals surface area contributed by atoms with Crippen LogP contribution in [0.5, 0.6) is 0 Å². The summed E-state index contributed by atoms with van der Waals surface area (Å²) in [4.78, 5) is 12.7. The summed E-state index contributed by atoms with van der Waals surface area (Å²) >= 11 is 0. The third kappa shape index (κ3) is 4.25. The fourth-order valence-corrected chi connectivity index (χ4v) is 3.34. The first kappa shape index (κ1) is 20.0. The molecule has 2 aromatic carbocycles. The van der Waals surface area contributed by atoms with E-state index in [0.29, 0.717) is 16.8 Å². The Balaban J connectivity index is 2.28. The van der Waals surface area contributed by atoms with Crippen LogP contribution >= 0.6 is 0 Å². The van der Waals surface area contributed by atoms with Crippen molar-refractivity contribution in [2.45, 2.75) is 33.7 Å². The molecule has 5 nitrogen and oxygen atoms in total. The quantitative estimate of drug-likeness (QED) is 0.871. The Hall–Kier alpha value is -2.34. The van der Waals surface area contributed by atoms with E-state index in [1.165, 1.54) is 22.5 Å². The van der Waals surface area contributed by atoms with Gasteiger partial charge in [-0.1, -0.05) is 24.3 Å². The highest BCUT2D eigenvalue weighted by Gasteiger charge is 2.19. The third-order valence-electron chi connectivity index (χ3n) is 4.77. The van der Waals surface area contributed by atoms with Crippen LogP contribution in [0, 0.1) is 20.8 Å². The van der Waals surface area contributed by atoms with Gasteiger partial charge >= 0.3 is 0 Å². The number of hydrogen-bond acceptors (Lipinski definition) is 3. The predicted octanol–water partition coefficient (Wildman–Crippen LogP) is 3.50. The molecule has 6 heteroatoms. The van der Waals surface area contributed by atoms with E-state index in [4.69, 9.17) is 0 Å². The number of nitrogens with zero attached hydrogens (tertiary/aromatic N) is 1. The van der Waals surface area contributed by atoms with Crippen LogP contribution in [-0.2, 0) is 10.0 Å². The molecule has 0 spiro atoms. The van der Waals surface area contributed by atoms with Gasteiger partial charge in [0.25, 0.3) is 5.91 Å². The number of carbonyl (C=O) groups is 1. The Labute approximate surface area is 156 Å². The Morgan fingerprint density at radius 1 is 1.08 bits per heavy atom. The molecule has 1 N–H and O–H groups in total. The van der Waals surface area contributed by atoms with Crippen molar-refractivity contribution in [2.75, 3.05) is 17.6 Å². The second-order valence-corrected chi connectivity index (χ2v) is 8.73. The Morgan fingerprint density at radius 2 is 1.73 bits per heavy atom. The maximum absolute atomic E-state index is 12.7. The molecule has 0 aliphatic heterocycles. The van der Waals surface area contributed by atoms with Crippen LogP contribution in [0.15, 0.2) is 36.4 Å². The molecule has 1 amide bonds. The van der Waals surface area contributed by atoms with Crippen molar-refractivity contribution in [1.82, 2.24) is 5.32 Å². The molecular weight excluding hydrogens is 348 g/mol. The van der Waals surface area contributed by atoms with Crippen LogP contribution in [0.3, 0.4) is 0 Å². The Morgan fingerprint density at radius 3 is 2.31 bits per heavy atom. The van der Waals surface area contributed by atoms with Gasteiger partial charge in [0.2, 0.25) is 10.0 Å². The lowest BCUT2D eigenvalue weighted by Gasteiger charge is -2.21. The standard InChI is InChI=1S/C20H26N2O3S/c1-13-10-11-17(12-14(13)2)16(4)21-20(23)18-8-7-9-19(15(18)3)22(5)26(6,24)25/h7-12,16H,1-6H3,(H,21,23). The van der Waals surface area contributed by atoms with Gasteiger partial charge in [0.1, 0.15) is 0 Å². The first-order valence-electron chi connectivity index (χ1n) is 8.44. The average Bonchev–Trinajstić information content (AvgIpc) is 2.55. The second kappa shape index (κ2) is 7.50. The van der Waals surface area contributed by atoms with E-state index in [1.807, 2.05) is 26.0 Å². The maximum atomic E-state index is 12.7. The molecule has 2 aromatic rings. The van der Waals surface area contributed by atoms with Crippen molar-refractivity contribution >= 4 is 21.6 Å². The van der Waals surface area contributed by atoms with E-state index in [9.17, 15) is 13.2 Å². The first-order chi connectivity index (χ1) is 12.0. The maximum Gasteiger partial charge on any atom is 0.252 e. The molecule has 0 bridgehead atoms. The number of amides is 1. The summed E-state index contributed by atoms with van der Waals surface area (Å²) in [6, 6.07) is 11.1. The van der Waals surface area contributed by atoms with Gasteiger partial charge in [-0.25, -0.2) is 8.42 Å². The topological polar surface area (TPSA) is 66.5 Å². The number of anilines is 1. The zero-order chi connectivity index (χ0) is 19.6. The van der Waals surface area contributed by atoms with Gasteiger partial charge in [0, 0.05) is 12.6 Å². The van der Waals surface area contributed by atoms with Gasteiger partial charge in [0.15, 0.2) is 0 Å². The monoisotopic (exact) mass is 374 g/mol. The first-order valence-corrected chi connectivity index (χ1v) is 10.3. The highest BCUT2D eigenvalue weighted by Crippen LogP contribution is 2.25. The van der Waals surface area contributed by atoms with Crippen molar-refractivity contribution in [2.24, 2.45) is 0 Å². The minimum absolute atomic E-state index is 0.155. The lowest BCUT2D eigenvalue weighted by Crippen LogP contribution is -2.29. The van der Waals surface area contributed by atoms with Crippen LogP contribution in [0.2, 0.25) is 0 Å². The lowest BCUT2D eigenvalue weighted by atomic mass is 10.0. The zero-order valence-electron chi connectivity index (χ0n) is 16.1. The molecule has 0 aliphatic rings. The lowest BCUT2D eigenvalue weighted by molar-refractivity contribution is 0.0939. The summed E-state index contributed by atoms with van der Waals surface area (Å²) in [6.07, 6.45) is 1.14. The molecule has 0 radical (unpaired) electrons. The summed E-state index contributed by atoms with van der Waals surface area (Å²) in [7, 11) is -1.91. The van der Waals surface area contributed by atoms with E-state index in [0.717, 1.165) is 11.8 Å². The highest BCUT2D eigenvalue weighted by molar-refractivity contribution is 7.92. The number of sulfonamides is 1. The van der Waals surface area contributed by atoms with E-state index in [-0.39, 0.29) is 11.9 Å². The van der Waals surface area contributed by atoms with Crippen molar-refractivity contribution < 1.29 is 13.2 Å². The zero-order valence-corrected chi connectivity index (χ0v) is 16.9. The number of hydrogen-bond donors (Lipinski definition) is 1. The van der Waals surface area contributed by atoms with E-state index in [1.54, 1.807) is 25.1 Å². The molecule has 0 aliphatic carbocycles. The van der Waals surface area contributed by atoms with E-state index in [2.05, 4.69) is 18.3 Å². The molecule has 26 heavy (non-hydrogen) atoms. The van der Waals surface area contributed by atoms with Crippen molar-refractivity contribution in [1.29, 1.82) is 0 Å². The number of aryl methyl sites for hydroxylation is 2. The van der Waals surface area contributed by atoms with Gasteiger partial charge in [-0.2, -0.15) is 0 Å². The minimum atomic E-state index is -3.39. The van der Waals surface area contributed by atoms with E-state index >= 15 is 0 Å². The van der Waals surface area contributed by atoms with Crippen LogP contribution in [0.4, 0.5) is 5.69 Å². The summed E-state index contributed by atoms with van der Waals surface area (Å²) < 4.78 is 24.8. The molecule has 140 valence electrons. The molecule has 1 atom stereocenters. The van der Waals surface area contributed by atoms with Gasteiger partial charge in [-0.05, 0) is 62.1 Å². The second-order valence-electron chi connectivity index (χ2n) is 6.72. The Bertz CT molecular complexity index is 936. The molecule has 0 saturated heterocycles. The SMILES string of the molecule is Cc1ccc(C(C)NC(=O)c2cccc(N(C)S(C)(=O)=O)c2C)cc1C. The predicted molar refractivity (Wildman–Crippen MR) is 106 cm³/mol. The Kier molecular flexibility index (Phi) is 5.76.